The molecular weight excluding hydrogens is 460 g/mol. The summed E-state index contributed by atoms with van der Waals surface area (Å²) in [7, 11) is 1.60. The van der Waals surface area contributed by atoms with E-state index in [0.29, 0.717) is 22.8 Å². The minimum atomic E-state index is -0.928. The van der Waals surface area contributed by atoms with Gasteiger partial charge in [0.25, 0.3) is 5.91 Å². The average molecular weight is 495 g/mol. The van der Waals surface area contributed by atoms with Gasteiger partial charge < -0.3 is 19.5 Å². The van der Waals surface area contributed by atoms with Gasteiger partial charge in [-0.3, -0.25) is 9.69 Å². The number of hydrogen-bond acceptors (Lipinski definition) is 6. The number of carbonyl (C=O) groups excluding carboxylic acids is 3. The van der Waals surface area contributed by atoms with E-state index < -0.39 is 29.7 Å². The molecule has 1 saturated heterocycles. The van der Waals surface area contributed by atoms with Crippen molar-refractivity contribution < 1.29 is 28.6 Å². The predicted octanol–water partition coefficient (Wildman–Crippen LogP) is 5.08. The molecule has 2 aromatic rings. The second-order valence-electron chi connectivity index (χ2n) is 10.0. The Bertz CT molecular complexity index is 1230. The van der Waals surface area contributed by atoms with Crippen LogP contribution in [0.5, 0.6) is 11.5 Å². The zero-order valence-electron chi connectivity index (χ0n) is 22.1. The molecule has 1 aliphatic heterocycles. The smallest absolute Gasteiger partial charge is 0.408 e. The van der Waals surface area contributed by atoms with Gasteiger partial charge in [-0.05, 0) is 82.9 Å². The topological polar surface area (TPSA) is 94.2 Å². The fraction of sp³-hybridized carbons (Fsp3) is 0.393. The van der Waals surface area contributed by atoms with E-state index >= 15 is 0 Å². The maximum absolute atomic E-state index is 12.8. The number of benzene rings is 2. The van der Waals surface area contributed by atoms with Crippen LogP contribution in [0, 0.1) is 20.8 Å². The second-order valence-corrected chi connectivity index (χ2v) is 10.0. The molecule has 8 nitrogen and oxygen atoms in total. The quantitative estimate of drug-likeness (QED) is 0.260. The lowest BCUT2D eigenvalue weighted by atomic mass is 9.87. The summed E-state index contributed by atoms with van der Waals surface area (Å²) in [6.45, 7) is 16.4. The van der Waals surface area contributed by atoms with Crippen molar-refractivity contribution in [3.63, 3.8) is 0 Å². The van der Waals surface area contributed by atoms with Gasteiger partial charge in [-0.15, -0.1) is 0 Å². The Balaban J connectivity index is 1.83. The predicted molar refractivity (Wildman–Crippen MR) is 137 cm³/mol. The van der Waals surface area contributed by atoms with Crippen LogP contribution in [0.2, 0.25) is 0 Å². The summed E-state index contributed by atoms with van der Waals surface area (Å²) in [4.78, 5) is 39.2. The van der Waals surface area contributed by atoms with Crippen molar-refractivity contribution in [2.75, 3.05) is 12.0 Å². The fourth-order valence-electron chi connectivity index (χ4n) is 3.89. The molecule has 3 rings (SSSR count). The number of hydrogen-bond donors (Lipinski definition) is 1. The summed E-state index contributed by atoms with van der Waals surface area (Å²) in [5.41, 5.74) is 3.93. The minimum Gasteiger partial charge on any atom is -0.496 e. The fourth-order valence-corrected chi connectivity index (χ4v) is 3.89. The first-order valence-electron chi connectivity index (χ1n) is 11.7. The third-order valence-electron chi connectivity index (χ3n) is 6.01. The lowest BCUT2D eigenvalue weighted by Gasteiger charge is -2.43. The van der Waals surface area contributed by atoms with Crippen LogP contribution in [0.25, 0.3) is 0 Å². The molecule has 2 amide bonds. The molecular formula is C28H34N2O6. The Morgan fingerprint density at radius 1 is 1.06 bits per heavy atom. The SMILES string of the molecule is C=C1C(=O)N(c2cc(C)c(C)c(OC)c2)[C@H]1c1ccc(C)c(OC(=O)[C@H](C)NC(=O)OC(C)(C)C)c1. The Morgan fingerprint density at radius 3 is 2.33 bits per heavy atom. The molecule has 0 spiro atoms. The number of ether oxygens (including phenoxy) is 3. The van der Waals surface area contributed by atoms with E-state index in [0.717, 1.165) is 22.3 Å². The van der Waals surface area contributed by atoms with Crippen molar-refractivity contribution in [3.05, 3.63) is 64.7 Å². The third kappa shape index (κ3) is 5.53. The standard InChI is InChI=1S/C28H34N2O6/c1-15-10-11-20(13-22(15)35-26(32)19(5)29-27(33)36-28(6,7)8)24-18(4)25(31)30(24)21-12-16(2)17(3)23(14-21)34-9/h10-14,19,24H,4H2,1-3,5-9H3,(H,29,33)/t19-,24+/m0/s1. The van der Waals surface area contributed by atoms with Crippen molar-refractivity contribution in [2.24, 2.45) is 0 Å². The van der Waals surface area contributed by atoms with Crippen LogP contribution < -0.4 is 19.7 Å². The molecule has 1 fully saturated rings. The van der Waals surface area contributed by atoms with Gasteiger partial charge in [0, 0.05) is 17.3 Å². The number of β-lactam (4-membered cyclic amide) rings is 1. The van der Waals surface area contributed by atoms with E-state index in [1.807, 2.05) is 45.0 Å². The molecule has 0 aromatic heterocycles. The van der Waals surface area contributed by atoms with Gasteiger partial charge in [0.2, 0.25) is 0 Å². The van der Waals surface area contributed by atoms with Crippen LogP contribution in [-0.4, -0.2) is 36.7 Å². The van der Waals surface area contributed by atoms with Crippen LogP contribution >= 0.6 is 0 Å². The number of amides is 2. The van der Waals surface area contributed by atoms with Crippen molar-refractivity contribution >= 4 is 23.7 Å². The molecule has 1 N–H and O–H groups in total. The summed E-state index contributed by atoms with van der Waals surface area (Å²) >= 11 is 0. The van der Waals surface area contributed by atoms with Gasteiger partial charge in [0.1, 0.15) is 23.1 Å². The maximum atomic E-state index is 12.8. The number of nitrogens with zero attached hydrogens (tertiary/aromatic N) is 1. The summed E-state index contributed by atoms with van der Waals surface area (Å²) in [6.07, 6.45) is -0.707. The largest absolute Gasteiger partial charge is 0.496 e. The Morgan fingerprint density at radius 2 is 1.72 bits per heavy atom. The van der Waals surface area contributed by atoms with Gasteiger partial charge >= 0.3 is 12.1 Å². The number of nitrogens with one attached hydrogen (secondary N) is 1. The highest BCUT2D eigenvalue weighted by molar-refractivity contribution is 6.15. The van der Waals surface area contributed by atoms with Crippen LogP contribution in [-0.2, 0) is 14.3 Å². The van der Waals surface area contributed by atoms with Crippen molar-refractivity contribution in [1.82, 2.24) is 5.32 Å². The van der Waals surface area contributed by atoms with E-state index in [-0.39, 0.29) is 5.91 Å². The zero-order chi connectivity index (χ0) is 26.9. The molecule has 36 heavy (non-hydrogen) atoms. The van der Waals surface area contributed by atoms with E-state index in [9.17, 15) is 14.4 Å². The molecule has 1 aliphatic rings. The normalized spacial score (nSPS) is 16.2. The molecule has 0 unspecified atom stereocenters. The molecule has 192 valence electrons. The Labute approximate surface area is 212 Å². The van der Waals surface area contributed by atoms with E-state index in [4.69, 9.17) is 14.2 Å². The van der Waals surface area contributed by atoms with Crippen LogP contribution in [0.3, 0.4) is 0 Å². The molecule has 0 bridgehead atoms. The van der Waals surface area contributed by atoms with Crippen molar-refractivity contribution in [2.45, 2.75) is 66.2 Å². The highest BCUT2D eigenvalue weighted by atomic mass is 16.6. The van der Waals surface area contributed by atoms with Crippen LogP contribution in [0.1, 0.15) is 56.0 Å². The third-order valence-corrected chi connectivity index (χ3v) is 6.01. The number of esters is 1. The number of rotatable bonds is 6. The molecule has 1 heterocycles. The minimum absolute atomic E-state index is 0.181. The molecule has 2 aromatic carbocycles. The van der Waals surface area contributed by atoms with Gasteiger partial charge in [-0.2, -0.15) is 0 Å². The Kier molecular flexibility index (Phi) is 7.48. The first kappa shape index (κ1) is 26.8. The van der Waals surface area contributed by atoms with Crippen LogP contribution in [0.4, 0.5) is 10.5 Å². The molecule has 0 saturated carbocycles. The van der Waals surface area contributed by atoms with E-state index in [2.05, 4.69) is 11.9 Å². The summed E-state index contributed by atoms with van der Waals surface area (Å²) in [5.74, 6) is 0.208. The van der Waals surface area contributed by atoms with Crippen LogP contribution in [0.15, 0.2) is 42.5 Å². The van der Waals surface area contributed by atoms with E-state index in [1.165, 1.54) is 6.92 Å². The Hall–Kier alpha value is -3.81. The molecule has 0 radical (unpaired) electrons. The number of alkyl carbamates (subject to hydrolysis) is 1. The van der Waals surface area contributed by atoms with Gasteiger partial charge in [0.15, 0.2) is 0 Å². The van der Waals surface area contributed by atoms with Gasteiger partial charge in [-0.25, -0.2) is 9.59 Å². The summed E-state index contributed by atoms with van der Waals surface area (Å²) in [5, 5.41) is 2.48. The number of aryl methyl sites for hydroxylation is 2. The van der Waals surface area contributed by atoms with E-state index in [1.54, 1.807) is 38.8 Å². The second kappa shape index (κ2) is 10.0. The van der Waals surface area contributed by atoms with Gasteiger partial charge in [-0.1, -0.05) is 18.7 Å². The molecule has 2 atom stereocenters. The highest BCUT2D eigenvalue weighted by Crippen LogP contribution is 2.45. The molecule has 8 heteroatoms. The number of methoxy groups -OCH3 is 1. The lowest BCUT2D eigenvalue weighted by molar-refractivity contribution is -0.136. The van der Waals surface area contributed by atoms with Gasteiger partial charge in [0.05, 0.1) is 13.2 Å². The summed E-state index contributed by atoms with van der Waals surface area (Å²) < 4.78 is 16.3. The average Bonchev–Trinajstić information content (AvgIpc) is 2.78. The first-order valence-corrected chi connectivity index (χ1v) is 11.7. The monoisotopic (exact) mass is 494 g/mol. The first-order chi connectivity index (χ1) is 16.7. The zero-order valence-corrected chi connectivity index (χ0v) is 22.1. The molecule has 0 aliphatic carbocycles. The van der Waals surface area contributed by atoms with Crippen molar-refractivity contribution in [3.8, 4) is 11.5 Å². The summed E-state index contributed by atoms with van der Waals surface area (Å²) in [6, 6.07) is 7.85. The highest BCUT2D eigenvalue weighted by Gasteiger charge is 2.43. The lowest BCUT2D eigenvalue weighted by Crippen LogP contribution is -2.49. The van der Waals surface area contributed by atoms with Crippen molar-refractivity contribution in [1.29, 1.82) is 0 Å². The maximum Gasteiger partial charge on any atom is 0.408 e. The number of anilines is 1. The number of carbonyl (C=O) groups is 3.